The van der Waals surface area contributed by atoms with Gasteiger partial charge >= 0.3 is 5.97 Å². The fourth-order valence-electron chi connectivity index (χ4n) is 1.09. The third-order valence-electron chi connectivity index (χ3n) is 1.84. The van der Waals surface area contributed by atoms with Crippen LogP contribution in [0.25, 0.3) is 0 Å². The molecule has 2 N–H and O–H groups in total. The molecule has 0 aliphatic rings. The highest BCUT2D eigenvalue weighted by atomic mass is 79.9. The van der Waals surface area contributed by atoms with Crippen LogP contribution in [-0.4, -0.2) is 33.8 Å². The summed E-state index contributed by atoms with van der Waals surface area (Å²) in [4.78, 5) is 25.8. The van der Waals surface area contributed by atoms with E-state index in [0.717, 1.165) is 0 Å². The predicted molar refractivity (Wildman–Crippen MR) is 72.9 cm³/mol. The van der Waals surface area contributed by atoms with E-state index in [2.05, 4.69) is 26.2 Å². The molecule has 0 fully saturated rings. The van der Waals surface area contributed by atoms with Gasteiger partial charge in [-0.15, -0.1) is 11.8 Å². The van der Waals surface area contributed by atoms with Crippen LogP contribution in [0.3, 0.4) is 0 Å². The molecule has 18 heavy (non-hydrogen) atoms. The van der Waals surface area contributed by atoms with E-state index in [0.29, 0.717) is 14.5 Å². The minimum atomic E-state index is -1.08. The smallest absolute Gasteiger partial charge is 0.327 e. The van der Waals surface area contributed by atoms with Gasteiger partial charge in [-0.3, -0.25) is 4.79 Å². The van der Waals surface area contributed by atoms with E-state index in [-0.39, 0.29) is 11.7 Å². The number of carboxylic acids is 1. The van der Waals surface area contributed by atoms with E-state index in [1.54, 1.807) is 6.07 Å². The first-order valence-electron chi connectivity index (χ1n) is 4.84. The summed E-state index contributed by atoms with van der Waals surface area (Å²) >= 11 is 10.3. The highest BCUT2D eigenvalue weighted by molar-refractivity contribution is 9.10. The zero-order valence-corrected chi connectivity index (χ0v) is 12.5. The van der Waals surface area contributed by atoms with Gasteiger partial charge in [-0.05, 0) is 22.0 Å². The molecule has 0 aromatic carbocycles. The first-order valence-corrected chi connectivity index (χ1v) is 6.99. The quantitative estimate of drug-likeness (QED) is 0.793. The standard InChI is InChI=1S/C10H10BrClN2O3S/c1-5(15)14-8(10(16)17)4-18-9-7(11)2-6(12)3-13-9/h2-3,8H,4H2,1H3,(H,14,15)(H,16,17). The fraction of sp³-hybridized carbons (Fsp3) is 0.300. The summed E-state index contributed by atoms with van der Waals surface area (Å²) in [6.07, 6.45) is 1.48. The van der Waals surface area contributed by atoms with Crippen LogP contribution in [0.15, 0.2) is 21.8 Å². The molecule has 1 heterocycles. The fourth-order valence-corrected chi connectivity index (χ4v) is 2.95. The maximum absolute atomic E-state index is 10.9. The molecule has 0 aliphatic carbocycles. The van der Waals surface area contributed by atoms with Crippen LogP contribution < -0.4 is 5.32 Å². The van der Waals surface area contributed by atoms with Crippen LogP contribution in [0, 0.1) is 0 Å². The summed E-state index contributed by atoms with van der Waals surface area (Å²) < 4.78 is 0.687. The molecular formula is C10H10BrClN2O3S. The molecule has 5 nitrogen and oxygen atoms in total. The number of halogens is 2. The number of hydrogen-bond donors (Lipinski definition) is 2. The van der Waals surface area contributed by atoms with Crippen molar-refractivity contribution in [2.45, 2.75) is 18.0 Å². The molecule has 0 aliphatic heterocycles. The summed E-state index contributed by atoms with van der Waals surface area (Å²) in [5.74, 6) is -1.28. The number of nitrogens with one attached hydrogen (secondary N) is 1. The van der Waals surface area contributed by atoms with Gasteiger partial charge < -0.3 is 10.4 Å². The number of pyridine rings is 1. The molecule has 8 heteroatoms. The van der Waals surface area contributed by atoms with Crippen LogP contribution >= 0.6 is 39.3 Å². The minimum absolute atomic E-state index is 0.183. The molecule has 0 spiro atoms. The molecule has 0 bridgehead atoms. The Bertz CT molecular complexity index is 472. The maximum atomic E-state index is 10.9. The SMILES string of the molecule is CC(=O)NC(CSc1ncc(Cl)cc1Br)C(=O)O. The van der Waals surface area contributed by atoms with Crippen molar-refractivity contribution in [1.29, 1.82) is 0 Å². The first kappa shape index (κ1) is 15.3. The third-order valence-corrected chi connectivity index (χ3v) is 4.01. The molecule has 0 saturated carbocycles. The lowest BCUT2D eigenvalue weighted by molar-refractivity contribution is -0.140. The summed E-state index contributed by atoms with van der Waals surface area (Å²) in [7, 11) is 0. The van der Waals surface area contributed by atoms with Crippen molar-refractivity contribution in [2.75, 3.05) is 5.75 Å². The predicted octanol–water partition coefficient (Wildman–Crippen LogP) is 2.18. The number of carbonyl (C=O) groups excluding carboxylic acids is 1. The van der Waals surface area contributed by atoms with Gasteiger partial charge in [0.05, 0.1) is 9.50 Å². The molecule has 0 saturated heterocycles. The van der Waals surface area contributed by atoms with Crippen LogP contribution in [-0.2, 0) is 9.59 Å². The van der Waals surface area contributed by atoms with Gasteiger partial charge in [-0.1, -0.05) is 11.6 Å². The number of aromatic nitrogens is 1. The largest absolute Gasteiger partial charge is 0.480 e. The Balaban J connectivity index is 2.66. The number of rotatable bonds is 5. The lowest BCUT2D eigenvalue weighted by atomic mass is 10.3. The Morgan fingerprint density at radius 2 is 2.33 bits per heavy atom. The van der Waals surface area contributed by atoms with Gasteiger partial charge in [0.1, 0.15) is 11.1 Å². The number of nitrogens with zero attached hydrogens (tertiary/aromatic N) is 1. The van der Waals surface area contributed by atoms with Gasteiger partial charge in [0.15, 0.2) is 0 Å². The molecule has 1 aromatic rings. The van der Waals surface area contributed by atoms with Crippen molar-refractivity contribution in [3.8, 4) is 0 Å². The highest BCUT2D eigenvalue weighted by Crippen LogP contribution is 2.27. The highest BCUT2D eigenvalue weighted by Gasteiger charge is 2.19. The minimum Gasteiger partial charge on any atom is -0.480 e. The van der Waals surface area contributed by atoms with Crippen molar-refractivity contribution in [3.05, 3.63) is 21.8 Å². The number of hydrogen-bond acceptors (Lipinski definition) is 4. The van der Waals surface area contributed by atoms with Crippen LogP contribution in [0.2, 0.25) is 5.02 Å². The first-order chi connectivity index (χ1) is 8.40. The second-order valence-electron chi connectivity index (χ2n) is 3.34. The number of thioether (sulfide) groups is 1. The van der Waals surface area contributed by atoms with Gasteiger partial charge in [0, 0.05) is 18.9 Å². The summed E-state index contributed by atoms with van der Waals surface area (Å²) in [5.41, 5.74) is 0. The topological polar surface area (TPSA) is 79.3 Å². The molecule has 1 unspecified atom stereocenters. The van der Waals surface area contributed by atoms with Crippen LogP contribution in [0.4, 0.5) is 0 Å². The molecule has 1 amide bonds. The average molecular weight is 354 g/mol. The lowest BCUT2D eigenvalue weighted by Crippen LogP contribution is -2.41. The van der Waals surface area contributed by atoms with Crippen molar-refractivity contribution < 1.29 is 14.7 Å². The van der Waals surface area contributed by atoms with E-state index < -0.39 is 12.0 Å². The number of amides is 1. The molecule has 1 atom stereocenters. The van der Waals surface area contributed by atoms with Crippen molar-refractivity contribution >= 4 is 51.2 Å². The van der Waals surface area contributed by atoms with Crippen molar-refractivity contribution in [3.63, 3.8) is 0 Å². The average Bonchev–Trinajstić information content (AvgIpc) is 2.25. The monoisotopic (exact) mass is 352 g/mol. The molecule has 0 radical (unpaired) electrons. The van der Waals surface area contributed by atoms with E-state index >= 15 is 0 Å². The second kappa shape index (κ2) is 6.96. The van der Waals surface area contributed by atoms with E-state index in [1.807, 2.05) is 0 Å². The summed E-state index contributed by atoms with van der Waals surface area (Å²) in [5, 5.41) is 12.4. The number of aliphatic carboxylic acids is 1. The molecule has 98 valence electrons. The Kier molecular flexibility index (Phi) is 5.90. The Hall–Kier alpha value is -0.790. The van der Waals surface area contributed by atoms with Crippen molar-refractivity contribution in [1.82, 2.24) is 10.3 Å². The molecule has 1 aromatic heterocycles. The van der Waals surface area contributed by atoms with E-state index in [9.17, 15) is 9.59 Å². The van der Waals surface area contributed by atoms with Gasteiger partial charge in [-0.25, -0.2) is 9.78 Å². The number of carboxylic acid groups (broad SMARTS) is 1. The molecule has 1 rings (SSSR count). The lowest BCUT2D eigenvalue weighted by Gasteiger charge is -2.12. The normalized spacial score (nSPS) is 11.9. The van der Waals surface area contributed by atoms with Crippen LogP contribution in [0.1, 0.15) is 6.92 Å². The summed E-state index contributed by atoms with van der Waals surface area (Å²) in [6.45, 7) is 1.27. The van der Waals surface area contributed by atoms with Gasteiger partial charge in [0.25, 0.3) is 0 Å². The van der Waals surface area contributed by atoms with Crippen molar-refractivity contribution in [2.24, 2.45) is 0 Å². The Morgan fingerprint density at radius 3 is 2.83 bits per heavy atom. The second-order valence-corrected chi connectivity index (χ2v) is 5.64. The van der Waals surface area contributed by atoms with E-state index in [1.165, 1.54) is 24.9 Å². The van der Waals surface area contributed by atoms with Gasteiger partial charge in [0.2, 0.25) is 5.91 Å². The van der Waals surface area contributed by atoms with E-state index in [4.69, 9.17) is 16.7 Å². The Morgan fingerprint density at radius 1 is 1.67 bits per heavy atom. The zero-order chi connectivity index (χ0) is 13.7. The molecular weight excluding hydrogens is 344 g/mol. The zero-order valence-electron chi connectivity index (χ0n) is 9.31. The van der Waals surface area contributed by atoms with Gasteiger partial charge in [-0.2, -0.15) is 0 Å². The Labute approximate surface area is 121 Å². The third kappa shape index (κ3) is 4.83. The maximum Gasteiger partial charge on any atom is 0.327 e. The number of carbonyl (C=O) groups is 2. The van der Waals surface area contributed by atoms with Crippen LogP contribution in [0.5, 0.6) is 0 Å². The summed E-state index contributed by atoms with van der Waals surface area (Å²) in [6, 6.07) is 0.724.